The maximum absolute atomic E-state index is 13.4. The van der Waals surface area contributed by atoms with Gasteiger partial charge in [-0.3, -0.25) is 4.79 Å². The molecule has 1 amide bonds. The van der Waals surface area contributed by atoms with Crippen LogP contribution in [0.3, 0.4) is 0 Å². The lowest BCUT2D eigenvalue weighted by atomic mass is 9.82. The second-order valence-electron chi connectivity index (χ2n) is 10.9. The van der Waals surface area contributed by atoms with Crippen molar-refractivity contribution in [3.63, 3.8) is 0 Å². The van der Waals surface area contributed by atoms with E-state index in [2.05, 4.69) is 0 Å². The zero-order valence-electron chi connectivity index (χ0n) is 23.8. The molecule has 1 saturated carbocycles. The number of alkyl halides is 6. The first-order valence-corrected chi connectivity index (χ1v) is 15.4. The van der Waals surface area contributed by atoms with Crippen LogP contribution in [0.5, 0.6) is 0 Å². The number of esters is 1. The third-order valence-corrected chi connectivity index (χ3v) is 8.90. The van der Waals surface area contributed by atoms with E-state index in [0.717, 1.165) is 4.31 Å². The van der Waals surface area contributed by atoms with Gasteiger partial charge in [0, 0.05) is 18.7 Å². The highest BCUT2D eigenvalue weighted by Crippen LogP contribution is 2.36. The van der Waals surface area contributed by atoms with Crippen molar-refractivity contribution >= 4 is 22.1 Å². The third kappa shape index (κ3) is 9.54. The summed E-state index contributed by atoms with van der Waals surface area (Å²) in [5.74, 6) is -2.20. The lowest BCUT2D eigenvalue weighted by Crippen LogP contribution is -2.45. The van der Waals surface area contributed by atoms with Crippen LogP contribution in [0.4, 0.5) is 26.3 Å². The Morgan fingerprint density at radius 1 is 0.756 bits per heavy atom. The summed E-state index contributed by atoms with van der Waals surface area (Å²) in [5, 5.41) is 0. The van der Waals surface area contributed by atoms with Crippen LogP contribution in [0.25, 0.3) is 0 Å². The summed E-state index contributed by atoms with van der Waals surface area (Å²) >= 11 is 0. The average molecular weight is 657 g/mol. The van der Waals surface area contributed by atoms with Gasteiger partial charge in [0.05, 0.1) is 23.3 Å². The van der Waals surface area contributed by atoms with Crippen LogP contribution >= 0.6 is 0 Å². The summed E-state index contributed by atoms with van der Waals surface area (Å²) in [6.45, 7) is -0.0711. The molecular formula is C31H30F6N2O5S. The van der Waals surface area contributed by atoms with Gasteiger partial charge in [-0.1, -0.05) is 48.5 Å². The van der Waals surface area contributed by atoms with Gasteiger partial charge in [-0.15, -0.1) is 0 Å². The summed E-state index contributed by atoms with van der Waals surface area (Å²) < 4.78 is 115. The molecule has 0 aliphatic heterocycles. The van der Waals surface area contributed by atoms with E-state index >= 15 is 0 Å². The molecule has 3 aromatic carbocycles. The Labute approximate surface area is 256 Å². The van der Waals surface area contributed by atoms with Crippen LogP contribution < -0.4 is 4.72 Å². The van der Waals surface area contributed by atoms with E-state index < -0.39 is 51.1 Å². The van der Waals surface area contributed by atoms with Gasteiger partial charge >= 0.3 is 28.5 Å². The van der Waals surface area contributed by atoms with E-state index in [0.29, 0.717) is 36.8 Å². The van der Waals surface area contributed by atoms with Gasteiger partial charge in [-0.05, 0) is 73.4 Å². The Morgan fingerprint density at radius 2 is 1.27 bits per heavy atom. The largest absolute Gasteiger partial charge is 0.462 e. The number of hydrogen-bond acceptors (Lipinski definition) is 5. The van der Waals surface area contributed by atoms with Crippen molar-refractivity contribution in [1.82, 2.24) is 9.03 Å². The minimum atomic E-state index is -5.22. The van der Waals surface area contributed by atoms with Crippen LogP contribution in [0.1, 0.15) is 63.1 Å². The van der Waals surface area contributed by atoms with Crippen molar-refractivity contribution in [2.24, 2.45) is 11.8 Å². The number of rotatable bonds is 10. The summed E-state index contributed by atoms with van der Waals surface area (Å²) in [5.41, 5.74) is -3.62. The molecule has 0 spiro atoms. The van der Waals surface area contributed by atoms with Gasteiger partial charge in [-0.25, -0.2) is 9.52 Å². The molecule has 0 aromatic heterocycles. The Hall–Kier alpha value is -3.91. The van der Waals surface area contributed by atoms with Gasteiger partial charge < -0.3 is 4.74 Å². The zero-order valence-corrected chi connectivity index (χ0v) is 24.6. The zero-order chi connectivity index (χ0) is 32.8. The van der Waals surface area contributed by atoms with E-state index in [-0.39, 0.29) is 49.7 Å². The number of halogens is 6. The maximum Gasteiger partial charge on any atom is 0.416 e. The molecule has 0 heterocycles. The number of carbonyl (C=O) groups is 2. The summed E-state index contributed by atoms with van der Waals surface area (Å²) in [6, 6.07) is 17.0. The number of carbonyl (C=O) groups excluding carboxylic acids is 2. The topological polar surface area (TPSA) is 92.8 Å². The smallest absolute Gasteiger partial charge is 0.416 e. The number of hydrogen-bond donors (Lipinski definition) is 1. The van der Waals surface area contributed by atoms with Crippen molar-refractivity contribution < 1.29 is 49.1 Å². The highest BCUT2D eigenvalue weighted by atomic mass is 32.2. The molecule has 7 nitrogen and oxygen atoms in total. The minimum Gasteiger partial charge on any atom is -0.462 e. The second kappa shape index (κ2) is 14.0. The van der Waals surface area contributed by atoms with Crippen LogP contribution in [0, 0.1) is 11.8 Å². The fraction of sp³-hybridized carbons (Fsp3) is 0.355. The molecular weight excluding hydrogens is 626 g/mol. The molecule has 0 bridgehead atoms. The van der Waals surface area contributed by atoms with Gasteiger partial charge in [0.2, 0.25) is 0 Å². The van der Waals surface area contributed by atoms with Crippen LogP contribution in [0.15, 0.2) is 78.9 Å². The van der Waals surface area contributed by atoms with E-state index in [4.69, 9.17) is 4.74 Å². The first-order valence-electron chi connectivity index (χ1n) is 14.0. The maximum atomic E-state index is 13.4. The molecule has 0 unspecified atom stereocenters. The molecule has 14 heteroatoms. The molecule has 0 radical (unpaired) electrons. The molecule has 0 atom stereocenters. The molecule has 3 aromatic rings. The van der Waals surface area contributed by atoms with Gasteiger partial charge in [0.1, 0.15) is 0 Å². The Bertz CT molecular complexity index is 1540. The number of nitrogens with one attached hydrogen (secondary N) is 1. The van der Waals surface area contributed by atoms with E-state index in [1.807, 2.05) is 0 Å². The molecule has 1 fully saturated rings. The molecule has 242 valence electrons. The van der Waals surface area contributed by atoms with Gasteiger partial charge in [0.15, 0.2) is 0 Å². The molecule has 4 rings (SSSR count). The molecule has 1 N–H and O–H groups in total. The third-order valence-electron chi connectivity index (χ3n) is 7.50. The SMILES string of the molecule is O=C(NS(=O)(=O)N(Cc1ccccc1)CC1CCC(COC(=O)c2ccccc2)CC1)c1cc(C(F)(F)F)cc(C(F)(F)F)c1. The lowest BCUT2D eigenvalue weighted by Gasteiger charge is -2.32. The molecule has 45 heavy (non-hydrogen) atoms. The monoisotopic (exact) mass is 656 g/mol. The van der Waals surface area contributed by atoms with E-state index in [1.54, 1.807) is 65.4 Å². The van der Waals surface area contributed by atoms with Crippen molar-refractivity contribution in [2.45, 2.75) is 44.6 Å². The first kappa shape index (κ1) is 34.0. The van der Waals surface area contributed by atoms with Crippen LogP contribution in [0.2, 0.25) is 0 Å². The van der Waals surface area contributed by atoms with E-state index in [9.17, 15) is 44.3 Å². The Kier molecular flexibility index (Phi) is 10.6. The van der Waals surface area contributed by atoms with Crippen LogP contribution in [-0.2, 0) is 33.8 Å². The van der Waals surface area contributed by atoms with Crippen LogP contribution in [-0.4, -0.2) is 37.8 Å². The predicted octanol–water partition coefficient (Wildman–Crippen LogP) is 6.86. The van der Waals surface area contributed by atoms with Crippen molar-refractivity contribution in [3.8, 4) is 0 Å². The molecule has 0 saturated heterocycles. The second-order valence-corrected chi connectivity index (χ2v) is 12.5. The van der Waals surface area contributed by atoms with Crippen molar-refractivity contribution in [1.29, 1.82) is 0 Å². The average Bonchev–Trinajstić information content (AvgIpc) is 3.00. The summed E-state index contributed by atoms with van der Waals surface area (Å²) in [4.78, 5) is 25.1. The highest BCUT2D eigenvalue weighted by Gasteiger charge is 2.38. The first-order chi connectivity index (χ1) is 21.1. The lowest BCUT2D eigenvalue weighted by molar-refractivity contribution is -0.143. The fourth-order valence-electron chi connectivity index (χ4n) is 5.08. The number of ether oxygens (including phenoxy) is 1. The molecule has 1 aliphatic carbocycles. The summed E-state index contributed by atoms with van der Waals surface area (Å²) in [6.07, 6.45) is -8.05. The quantitative estimate of drug-likeness (QED) is 0.190. The minimum absolute atomic E-state index is 0.0523. The van der Waals surface area contributed by atoms with Gasteiger partial charge in [0.25, 0.3) is 5.91 Å². The van der Waals surface area contributed by atoms with E-state index in [1.165, 1.54) is 0 Å². The normalized spacial score (nSPS) is 17.6. The number of nitrogens with zero attached hydrogens (tertiary/aromatic N) is 1. The number of amides is 1. The number of benzene rings is 3. The standard InChI is InChI=1S/C31H30F6N2O5S/c32-30(33,34)26-15-25(16-27(17-26)31(35,36)37)28(40)38-45(42,43)39(18-21-7-3-1-4-8-21)19-22-11-13-23(14-12-22)20-44-29(41)24-9-5-2-6-10-24/h1-10,15-17,22-23H,11-14,18-20H2,(H,38,40). The fourth-order valence-corrected chi connectivity index (χ4v) is 6.29. The Balaban J connectivity index is 1.46. The van der Waals surface area contributed by atoms with Gasteiger partial charge in [-0.2, -0.15) is 39.1 Å². The molecule has 1 aliphatic rings. The van der Waals surface area contributed by atoms with Crippen molar-refractivity contribution in [3.05, 3.63) is 107 Å². The predicted molar refractivity (Wildman–Crippen MR) is 152 cm³/mol. The summed E-state index contributed by atoms with van der Waals surface area (Å²) in [7, 11) is -4.73. The highest BCUT2D eigenvalue weighted by molar-refractivity contribution is 7.87. The Morgan fingerprint density at radius 3 is 1.80 bits per heavy atom. The van der Waals surface area contributed by atoms with Crippen molar-refractivity contribution in [2.75, 3.05) is 13.2 Å².